The third-order valence-corrected chi connectivity index (χ3v) is 3.77. The number of nitrogens with two attached hydrogens (primary N) is 1. The van der Waals surface area contributed by atoms with Gasteiger partial charge in [-0.05, 0) is 48.0 Å². The molecule has 0 aliphatic rings. The van der Waals surface area contributed by atoms with Crippen molar-refractivity contribution in [2.24, 2.45) is 0 Å². The van der Waals surface area contributed by atoms with Crippen molar-refractivity contribution in [1.82, 2.24) is 0 Å². The van der Waals surface area contributed by atoms with E-state index in [0.717, 1.165) is 16.5 Å². The highest BCUT2D eigenvalue weighted by atomic mass is 16.3. The van der Waals surface area contributed by atoms with Gasteiger partial charge in [-0.2, -0.15) is 0 Å². The molecule has 2 aromatic carbocycles. The molecular formula is C19H14N2O3. The molecule has 4 rings (SSSR count). The molecule has 0 unspecified atom stereocenters. The number of hydrogen-bond donors (Lipinski definition) is 2. The Bertz CT molecular complexity index is 999. The van der Waals surface area contributed by atoms with Crippen molar-refractivity contribution >= 4 is 28.3 Å². The van der Waals surface area contributed by atoms with Crippen LogP contribution in [0.1, 0.15) is 10.6 Å². The first-order valence-corrected chi connectivity index (χ1v) is 7.42. The van der Waals surface area contributed by atoms with Crippen molar-refractivity contribution in [3.63, 3.8) is 0 Å². The fraction of sp³-hybridized carbons (Fsp3) is 0. The summed E-state index contributed by atoms with van der Waals surface area (Å²) in [5, 5.41) is 3.65. The molecule has 0 radical (unpaired) electrons. The van der Waals surface area contributed by atoms with Gasteiger partial charge in [0.05, 0.1) is 12.5 Å². The molecule has 2 heterocycles. The first kappa shape index (κ1) is 14.1. The van der Waals surface area contributed by atoms with Crippen molar-refractivity contribution in [3.05, 3.63) is 72.9 Å². The number of carbonyl (C=O) groups excluding carboxylic acids is 1. The van der Waals surface area contributed by atoms with E-state index >= 15 is 0 Å². The Hall–Kier alpha value is -3.47. The molecule has 1 amide bonds. The first-order valence-electron chi connectivity index (χ1n) is 7.42. The number of benzene rings is 2. The molecule has 5 heteroatoms. The predicted molar refractivity (Wildman–Crippen MR) is 92.7 cm³/mol. The van der Waals surface area contributed by atoms with Crippen molar-refractivity contribution < 1.29 is 13.6 Å². The molecule has 0 atom stereocenters. The molecule has 0 fully saturated rings. The van der Waals surface area contributed by atoms with E-state index in [-0.39, 0.29) is 11.7 Å². The lowest BCUT2D eigenvalue weighted by molar-refractivity contribution is 0.0998. The number of nitrogens with one attached hydrogen (secondary N) is 1. The highest BCUT2D eigenvalue weighted by Crippen LogP contribution is 2.27. The van der Waals surface area contributed by atoms with Crippen LogP contribution in [0.2, 0.25) is 0 Å². The molecule has 5 nitrogen and oxygen atoms in total. The van der Waals surface area contributed by atoms with Gasteiger partial charge in [0.25, 0.3) is 5.91 Å². The molecule has 2 aromatic heterocycles. The van der Waals surface area contributed by atoms with E-state index in [1.54, 1.807) is 42.9 Å². The Morgan fingerprint density at radius 1 is 0.958 bits per heavy atom. The number of nitrogen functional groups attached to an aromatic ring is 1. The lowest BCUT2D eigenvalue weighted by Crippen LogP contribution is -2.10. The fourth-order valence-corrected chi connectivity index (χ4v) is 2.51. The number of fused-ring (bicyclic) bond motifs is 1. The van der Waals surface area contributed by atoms with E-state index in [0.29, 0.717) is 17.0 Å². The summed E-state index contributed by atoms with van der Waals surface area (Å²) in [6, 6.07) is 16.3. The summed E-state index contributed by atoms with van der Waals surface area (Å²) in [4.78, 5) is 12.3. The Kier molecular flexibility index (Phi) is 3.31. The van der Waals surface area contributed by atoms with Crippen LogP contribution in [0.15, 0.2) is 76.0 Å². The Morgan fingerprint density at radius 3 is 2.54 bits per heavy atom. The minimum atomic E-state index is -0.305. The highest BCUT2D eigenvalue weighted by molar-refractivity contribution is 6.04. The zero-order chi connectivity index (χ0) is 16.5. The lowest BCUT2D eigenvalue weighted by atomic mass is 10.1. The maximum Gasteiger partial charge on any atom is 0.291 e. The van der Waals surface area contributed by atoms with Crippen LogP contribution in [0, 0.1) is 0 Å². The largest absolute Gasteiger partial charge is 0.472 e. The average molecular weight is 318 g/mol. The van der Waals surface area contributed by atoms with E-state index < -0.39 is 0 Å². The fourth-order valence-electron chi connectivity index (χ4n) is 2.51. The van der Waals surface area contributed by atoms with Crippen LogP contribution < -0.4 is 11.1 Å². The normalized spacial score (nSPS) is 10.8. The Morgan fingerprint density at radius 2 is 1.79 bits per heavy atom. The van der Waals surface area contributed by atoms with Gasteiger partial charge >= 0.3 is 0 Å². The van der Waals surface area contributed by atoms with Gasteiger partial charge in [-0.1, -0.05) is 12.1 Å². The quantitative estimate of drug-likeness (QED) is 0.544. The third-order valence-electron chi connectivity index (χ3n) is 3.77. The van der Waals surface area contributed by atoms with E-state index in [9.17, 15) is 4.79 Å². The van der Waals surface area contributed by atoms with Gasteiger partial charge in [0.1, 0.15) is 5.58 Å². The van der Waals surface area contributed by atoms with Crippen LogP contribution in [0.5, 0.6) is 0 Å². The van der Waals surface area contributed by atoms with Gasteiger partial charge in [0.15, 0.2) is 5.76 Å². The van der Waals surface area contributed by atoms with E-state index in [2.05, 4.69) is 5.32 Å². The van der Waals surface area contributed by atoms with Gasteiger partial charge in [0.2, 0.25) is 0 Å². The van der Waals surface area contributed by atoms with E-state index in [1.165, 1.54) is 0 Å². The van der Waals surface area contributed by atoms with Crippen LogP contribution in [-0.2, 0) is 0 Å². The summed E-state index contributed by atoms with van der Waals surface area (Å²) in [5.74, 6) is -0.0491. The van der Waals surface area contributed by atoms with Crippen LogP contribution in [0.3, 0.4) is 0 Å². The smallest absolute Gasteiger partial charge is 0.291 e. The van der Waals surface area contributed by atoms with Gasteiger partial charge in [-0.25, -0.2) is 0 Å². The number of rotatable bonds is 3. The molecule has 3 N–H and O–H groups in total. The second-order valence-electron chi connectivity index (χ2n) is 5.45. The second kappa shape index (κ2) is 5.62. The Labute approximate surface area is 137 Å². The maximum atomic E-state index is 12.3. The summed E-state index contributed by atoms with van der Waals surface area (Å²) in [5.41, 5.74) is 9.52. The molecule has 24 heavy (non-hydrogen) atoms. The summed E-state index contributed by atoms with van der Waals surface area (Å²) in [7, 11) is 0. The molecule has 4 aromatic rings. The molecule has 0 spiro atoms. The molecule has 0 saturated carbocycles. The van der Waals surface area contributed by atoms with Gasteiger partial charge in [-0.3, -0.25) is 4.79 Å². The summed E-state index contributed by atoms with van der Waals surface area (Å²) in [6.07, 6.45) is 3.28. The number of amides is 1. The SMILES string of the molecule is Nc1ccc(NC(=O)c2cc3ccc(-c4ccoc4)cc3o2)cc1. The molecular weight excluding hydrogens is 304 g/mol. The number of furan rings is 2. The third kappa shape index (κ3) is 2.63. The molecule has 0 saturated heterocycles. The summed E-state index contributed by atoms with van der Waals surface area (Å²) in [6.45, 7) is 0. The minimum absolute atomic E-state index is 0.256. The number of hydrogen-bond acceptors (Lipinski definition) is 4. The molecule has 0 bridgehead atoms. The van der Waals surface area contributed by atoms with Crippen LogP contribution in [-0.4, -0.2) is 5.91 Å². The van der Waals surface area contributed by atoms with Crippen LogP contribution >= 0.6 is 0 Å². The zero-order valence-electron chi connectivity index (χ0n) is 12.7. The predicted octanol–water partition coefficient (Wildman–Crippen LogP) is 4.53. The maximum absolute atomic E-state index is 12.3. The van der Waals surface area contributed by atoms with Crippen molar-refractivity contribution in [3.8, 4) is 11.1 Å². The zero-order valence-corrected chi connectivity index (χ0v) is 12.7. The van der Waals surface area contributed by atoms with Crippen molar-refractivity contribution in [1.29, 1.82) is 0 Å². The number of anilines is 2. The summed E-state index contributed by atoms with van der Waals surface area (Å²) < 4.78 is 10.8. The minimum Gasteiger partial charge on any atom is -0.472 e. The second-order valence-corrected chi connectivity index (χ2v) is 5.45. The molecule has 118 valence electrons. The van der Waals surface area contributed by atoms with Crippen LogP contribution in [0.4, 0.5) is 11.4 Å². The van der Waals surface area contributed by atoms with E-state index in [1.807, 2.05) is 24.3 Å². The average Bonchev–Trinajstić information content (AvgIpc) is 3.25. The monoisotopic (exact) mass is 318 g/mol. The number of carbonyl (C=O) groups is 1. The van der Waals surface area contributed by atoms with Crippen molar-refractivity contribution in [2.75, 3.05) is 11.1 Å². The van der Waals surface area contributed by atoms with E-state index in [4.69, 9.17) is 14.6 Å². The first-order chi connectivity index (χ1) is 11.7. The molecule has 0 aliphatic heterocycles. The Balaban J connectivity index is 1.62. The van der Waals surface area contributed by atoms with Gasteiger partial charge < -0.3 is 19.9 Å². The standard InChI is InChI=1S/C19H14N2O3/c20-15-3-5-16(6-4-15)21-19(22)18-10-13-2-1-12(9-17(13)24-18)14-7-8-23-11-14/h1-11H,20H2,(H,21,22). The lowest BCUT2D eigenvalue weighted by Gasteiger charge is -2.02. The van der Waals surface area contributed by atoms with Crippen LogP contribution in [0.25, 0.3) is 22.1 Å². The van der Waals surface area contributed by atoms with Crippen molar-refractivity contribution in [2.45, 2.75) is 0 Å². The van der Waals surface area contributed by atoms with Gasteiger partial charge in [0, 0.05) is 22.3 Å². The molecule has 0 aliphatic carbocycles. The van der Waals surface area contributed by atoms with Gasteiger partial charge in [-0.15, -0.1) is 0 Å². The topological polar surface area (TPSA) is 81.4 Å². The summed E-state index contributed by atoms with van der Waals surface area (Å²) >= 11 is 0. The highest BCUT2D eigenvalue weighted by Gasteiger charge is 2.13.